The average Bonchev–Trinajstić information content (AvgIpc) is 1.46. The maximum Gasteiger partial charge on any atom is 0.315 e. The number of thiophene rings is 4. The fraction of sp³-hybridized carbons (Fsp3) is 0.271. The Morgan fingerprint density at radius 1 is 0.486 bits per heavy atom. The molecule has 7 amide bonds. The number of pyridine rings is 2. The second-order valence-corrected chi connectivity index (χ2v) is 44.2. The van der Waals surface area contributed by atoms with Gasteiger partial charge in [-0.1, -0.05) is 135 Å². The Morgan fingerprint density at radius 2 is 0.979 bits per heavy atom. The molecule has 1 fully saturated rings. The van der Waals surface area contributed by atoms with Gasteiger partial charge in [0.2, 0.25) is 23.6 Å². The Morgan fingerprint density at radius 3 is 1.49 bits per heavy atom. The molecular weight excluding hydrogens is 2050 g/mol. The maximum absolute atomic E-state index is 13.7. The van der Waals surface area contributed by atoms with E-state index in [0.717, 1.165) is 132 Å². The minimum absolute atomic E-state index is 0.0124. The summed E-state index contributed by atoms with van der Waals surface area (Å²) in [5.41, 5.74) is 38.0. The van der Waals surface area contributed by atoms with Crippen molar-refractivity contribution in [2.24, 2.45) is 53.6 Å². The highest BCUT2D eigenvalue weighted by atomic mass is 79.9. The van der Waals surface area contributed by atoms with Crippen LogP contribution in [0.15, 0.2) is 307 Å². The largest absolute Gasteiger partial charge is 0.464 e. The zero-order chi connectivity index (χ0) is 102. The molecule has 30 nitrogen and oxygen atoms in total. The number of carbonyl (C=O) groups is 6. The summed E-state index contributed by atoms with van der Waals surface area (Å²) < 4.78 is 36.6. The number of benzene rings is 6. The third-order valence-corrected chi connectivity index (χ3v) is 33.4. The van der Waals surface area contributed by atoms with Gasteiger partial charge in [-0.3, -0.25) is 58.4 Å². The van der Waals surface area contributed by atoms with E-state index >= 15 is 0 Å². The number of sulfone groups is 1. The summed E-state index contributed by atoms with van der Waals surface area (Å²) in [7, 11) is 3.18. The summed E-state index contributed by atoms with van der Waals surface area (Å²) in [4.78, 5) is 121. The molecule has 5 aliphatic heterocycles. The first-order chi connectivity index (χ1) is 68.9. The molecule has 12 N–H and O–H groups in total. The number of nitriles is 1. The quantitative estimate of drug-likeness (QED) is 0.0292. The number of guanidine groups is 5. The van der Waals surface area contributed by atoms with Gasteiger partial charge >= 0.3 is 6.03 Å². The van der Waals surface area contributed by atoms with Gasteiger partial charge in [-0.15, -0.1) is 45.3 Å². The van der Waals surface area contributed by atoms with Crippen molar-refractivity contribution >= 4 is 174 Å². The number of nitrogens with one attached hydrogen (secondary N) is 2. The van der Waals surface area contributed by atoms with E-state index in [2.05, 4.69) is 86.4 Å². The SMILES string of the molecule is CN1C(=O)C[C@@](C)(c2cccs2)N=C1N.CN1C(=O)[C@@H](c2ccc3ccoc3c2)[C@@](C)(c2cc(-c3cncc(Br)c3)cs2)N=C1N.CN1C(=O)[C@H](c2ccc(S(C)(=O)=O)cc2)[C@@](C)(c2cc(-c3cccc(C#N)c3)cs2)N=C1N.CN1C(=O)[C@H](c2ccc3occc3c2)[C@@](C)(c2cc(-c3cncc(Br)c3)cs2)N=C1N.NC1=NC(c2ccccc2)(c2ccccc2)C(=O)N1CCCCNC(=O)NC1CCCCCC1. The van der Waals surface area contributed by atoms with E-state index in [4.69, 9.17) is 57.5 Å². The third kappa shape index (κ3) is 21.6. The molecule has 14 aromatic rings. The zero-order valence-electron chi connectivity index (χ0n) is 80.5. The number of aliphatic imine (C=N–C) groups is 5. The number of nitrogens with zero attached hydrogens (tertiary/aromatic N) is 13. The maximum atomic E-state index is 13.7. The van der Waals surface area contributed by atoms with E-state index in [9.17, 15) is 42.4 Å². The highest BCUT2D eigenvalue weighted by Crippen LogP contribution is 2.52. The Balaban J connectivity index is 0.000000131. The molecule has 1 aliphatic carbocycles. The number of likely N-dealkylation sites (N-methyl/N-ethyl adjacent to an activating group) is 3. The number of halogens is 2. The topological polar surface area (TPSA) is 445 Å². The van der Waals surface area contributed by atoms with Crippen LogP contribution < -0.4 is 39.3 Å². The number of rotatable bonds is 19. The van der Waals surface area contributed by atoms with Gasteiger partial charge in [0.15, 0.2) is 45.2 Å². The fourth-order valence-corrected chi connectivity index (χ4v) is 24.1. The van der Waals surface area contributed by atoms with Crippen molar-refractivity contribution in [3.63, 3.8) is 0 Å². The Kier molecular flexibility index (Phi) is 30.8. The van der Waals surface area contributed by atoms with E-state index in [0.29, 0.717) is 43.0 Å². The summed E-state index contributed by atoms with van der Waals surface area (Å²) >= 11 is 13.1. The molecule has 6 aliphatic rings. The average molecular weight is 2150 g/mol. The molecule has 0 unspecified atom stereocenters. The molecule has 0 bridgehead atoms. The Labute approximate surface area is 867 Å². The van der Waals surface area contributed by atoms with Crippen LogP contribution in [0.4, 0.5) is 4.79 Å². The van der Waals surface area contributed by atoms with Crippen LogP contribution in [0.2, 0.25) is 0 Å². The first kappa shape index (κ1) is 103. The molecule has 8 aromatic heterocycles. The van der Waals surface area contributed by atoms with Crippen LogP contribution in [-0.2, 0) is 61.5 Å². The molecule has 0 saturated heterocycles. The van der Waals surface area contributed by atoms with Gasteiger partial charge in [-0.05, 0) is 248 Å². The van der Waals surface area contributed by atoms with Crippen LogP contribution in [-0.4, -0.2) is 162 Å². The standard InChI is InChI=1S/C27H35N5O2.C24H22N4O3S2.2C23H19BrN4O2S.C10H13N3OS/c28-25-31-27(21-13-5-3-6-14-21,22-15-7-4-8-16-22)24(33)32(25)20-12-11-19-29-26(34)30-23-17-9-1-2-10-18-23;1-24(20-12-18(14-32-20)17-6-4-5-15(11-17)13-25)21(22(29)28(2)23(26)27-24)16-7-9-19(10-8-16)33(3,30)31;1-23(19-9-16(12-31-19)15-8-17(24)11-26-10-15)20(21(29)28(2)22(25)27-23)14-3-4-18-13(7-14)5-6-30-18;1-23(19-9-16(12-31-19)15-7-17(24)11-26-10-15)20(21(29)28(2)22(25)27-23)14-4-3-13-5-6-30-18(13)8-14;1-10(7-4-3-5-15-7)6-8(14)13(2)9(11)12-10/h3-8,13-16,23H,1-2,9-12,17-20H2,(H2,28,31)(H2,29,30,34);4-12,14,21H,1-3H3,(H2,26,27);2*3-12,20H,1-2H3,(H2,25,27);3-5H,6H2,1-2H3,(H2,11,12)/t;21-,24+;20-,23+;20-,23-;10-/m.0010/s1. The molecule has 7 atom stereocenters. The number of unbranched alkanes of at least 4 members (excludes halogenated alkanes) is 1. The summed E-state index contributed by atoms with van der Waals surface area (Å²) in [6.45, 7) is 8.76. The predicted molar refractivity (Wildman–Crippen MR) is 575 cm³/mol. The fourth-order valence-electron chi connectivity index (χ4n) is 18.7. The smallest absolute Gasteiger partial charge is 0.315 e. The Hall–Kier alpha value is -14.1. The van der Waals surface area contributed by atoms with Crippen LogP contribution in [0.25, 0.3) is 55.3 Å². The molecule has 0 radical (unpaired) electrons. The van der Waals surface area contributed by atoms with E-state index in [-0.39, 0.29) is 70.3 Å². The van der Waals surface area contributed by atoms with Crippen LogP contribution >= 0.6 is 77.2 Å². The monoisotopic (exact) mass is 2150 g/mol. The summed E-state index contributed by atoms with van der Waals surface area (Å²) in [5, 5.41) is 25.3. The number of hydrogen-bond donors (Lipinski definition) is 7. The van der Waals surface area contributed by atoms with Gasteiger partial charge in [-0.25, -0.2) is 38.2 Å². The molecule has 144 heavy (non-hydrogen) atoms. The van der Waals surface area contributed by atoms with Crippen molar-refractivity contribution in [3.8, 4) is 39.4 Å². The molecule has 1 saturated carbocycles. The van der Waals surface area contributed by atoms with Crippen molar-refractivity contribution in [1.29, 1.82) is 5.26 Å². The highest BCUT2D eigenvalue weighted by molar-refractivity contribution is 9.10. The van der Waals surface area contributed by atoms with Gasteiger partial charge in [0.05, 0.1) is 53.2 Å². The van der Waals surface area contributed by atoms with Crippen molar-refractivity contribution in [3.05, 3.63) is 321 Å². The highest BCUT2D eigenvalue weighted by Gasteiger charge is 2.54. The molecule has 740 valence electrons. The van der Waals surface area contributed by atoms with Crippen molar-refractivity contribution in [2.45, 2.75) is 142 Å². The van der Waals surface area contributed by atoms with Gasteiger partial charge in [-0.2, -0.15) is 5.26 Å². The predicted octanol–water partition coefficient (Wildman–Crippen LogP) is 18.7. The molecule has 20 rings (SSSR count). The second-order valence-electron chi connectivity index (χ2n) is 36.7. The van der Waals surface area contributed by atoms with Gasteiger partial charge < -0.3 is 48.1 Å². The second kappa shape index (κ2) is 43.2. The van der Waals surface area contributed by atoms with Gasteiger partial charge in [0.25, 0.3) is 5.91 Å². The first-order valence-corrected chi connectivity index (χ1v) is 53.5. The van der Waals surface area contributed by atoms with Gasteiger partial charge in [0, 0.05) is 129 Å². The minimum atomic E-state index is -3.36. The number of fused-ring (bicyclic) bond motifs is 2. The number of furan rings is 2. The summed E-state index contributed by atoms with van der Waals surface area (Å²) in [6, 6.07) is 64.7. The summed E-state index contributed by atoms with van der Waals surface area (Å²) in [5.74, 6) is -1.21. The van der Waals surface area contributed by atoms with Crippen LogP contribution in [0.1, 0.15) is 156 Å². The number of hydrogen-bond acceptors (Lipinski definition) is 27. The van der Waals surface area contributed by atoms with Crippen molar-refractivity contribution in [2.75, 3.05) is 47.5 Å². The van der Waals surface area contributed by atoms with Gasteiger partial charge in [0.1, 0.15) is 33.3 Å². The van der Waals surface area contributed by atoms with Crippen LogP contribution in [0, 0.1) is 11.3 Å². The minimum Gasteiger partial charge on any atom is -0.464 e. The lowest BCUT2D eigenvalue weighted by Crippen LogP contribution is -2.52. The van der Waals surface area contributed by atoms with E-state index in [1.54, 1.807) is 110 Å². The zero-order valence-corrected chi connectivity index (χ0v) is 87.7. The van der Waals surface area contributed by atoms with E-state index in [1.807, 2.05) is 209 Å². The molecular formula is C107H108Br2N20O10S5. The number of amides is 7. The lowest BCUT2D eigenvalue weighted by molar-refractivity contribution is -0.131. The third-order valence-electron chi connectivity index (χ3n) is 26.9. The van der Waals surface area contributed by atoms with Crippen molar-refractivity contribution < 1.29 is 46.0 Å². The number of urea groups is 1. The van der Waals surface area contributed by atoms with Crippen LogP contribution in [0.3, 0.4) is 0 Å². The van der Waals surface area contributed by atoms with Crippen molar-refractivity contribution in [1.82, 2.24) is 45.1 Å². The first-order valence-electron chi connectivity index (χ1n) is 46.5. The van der Waals surface area contributed by atoms with E-state index < -0.39 is 55.3 Å². The molecule has 6 aromatic carbocycles. The number of aromatic nitrogens is 2. The molecule has 13 heterocycles. The van der Waals surface area contributed by atoms with Crippen LogP contribution in [0.5, 0.6) is 0 Å². The molecule has 0 spiro atoms. The lowest BCUT2D eigenvalue weighted by atomic mass is 9.77. The number of carbonyl (C=O) groups excluding carboxylic acids is 6. The summed E-state index contributed by atoms with van der Waals surface area (Å²) in [6.07, 6.45) is 20.4. The lowest BCUT2D eigenvalue weighted by Gasteiger charge is -2.40. The Bertz CT molecular complexity index is 7230. The normalized spacial score (nSPS) is 21.2. The van der Waals surface area contributed by atoms with E-state index in [1.165, 1.54) is 68.8 Å². The number of nitrogens with two attached hydrogens (primary N) is 5. The molecule has 37 heteroatoms.